The predicted octanol–water partition coefficient (Wildman–Crippen LogP) is 4.89. The maximum absolute atomic E-state index is 10.7. The van der Waals surface area contributed by atoms with Gasteiger partial charge in [-0.3, -0.25) is 4.79 Å². The number of methoxy groups -OCH3 is 2. The molecule has 4 nitrogen and oxygen atoms in total. The number of carbonyl (C=O) groups is 1. The Balaban J connectivity index is 4.37. The normalized spacial score (nSPS) is 17.9. The largest absolute Gasteiger partial charge is 0.381 e. The van der Waals surface area contributed by atoms with E-state index in [0.717, 1.165) is 19.3 Å². The summed E-state index contributed by atoms with van der Waals surface area (Å²) in [6, 6.07) is 0. The summed E-state index contributed by atoms with van der Waals surface area (Å²) in [5.74, 6) is 1.36. The Morgan fingerprint density at radius 3 is 2.12 bits per heavy atom. The Bertz CT molecular complexity index is 359. The number of rotatable bonds is 15. The number of unbranched alkanes of at least 4 members (excludes halogenated alkanes) is 1. The van der Waals surface area contributed by atoms with Crippen molar-refractivity contribution in [1.29, 1.82) is 0 Å². The molecule has 5 unspecified atom stereocenters. The zero-order valence-corrected chi connectivity index (χ0v) is 17.5. The van der Waals surface area contributed by atoms with Gasteiger partial charge >= 0.3 is 0 Å². The molecule has 4 heteroatoms. The summed E-state index contributed by atoms with van der Waals surface area (Å²) in [6.07, 6.45) is 12.4. The SMILES string of the molecule is CCCCC(OC)C(C)CCCC(C)C(OC)C(C)C=CN(C)C=O. The van der Waals surface area contributed by atoms with Gasteiger partial charge in [0.15, 0.2) is 0 Å². The van der Waals surface area contributed by atoms with E-state index < -0.39 is 0 Å². The fraction of sp³-hybridized carbons (Fsp3) is 0.857. The van der Waals surface area contributed by atoms with Crippen molar-refractivity contribution < 1.29 is 14.3 Å². The second kappa shape index (κ2) is 14.3. The Hall–Kier alpha value is -0.870. The Labute approximate surface area is 155 Å². The third-order valence-electron chi connectivity index (χ3n) is 5.24. The first kappa shape index (κ1) is 24.1. The van der Waals surface area contributed by atoms with Crippen LogP contribution >= 0.6 is 0 Å². The van der Waals surface area contributed by atoms with Gasteiger partial charge in [0.2, 0.25) is 6.41 Å². The summed E-state index contributed by atoms with van der Waals surface area (Å²) in [4.78, 5) is 12.2. The maximum Gasteiger partial charge on any atom is 0.213 e. The van der Waals surface area contributed by atoms with E-state index >= 15 is 0 Å². The molecule has 0 N–H and O–H groups in total. The van der Waals surface area contributed by atoms with E-state index in [2.05, 4.69) is 27.7 Å². The van der Waals surface area contributed by atoms with Gasteiger partial charge in [-0.15, -0.1) is 0 Å². The van der Waals surface area contributed by atoms with E-state index in [1.54, 1.807) is 14.2 Å². The molecule has 0 aliphatic rings. The molecule has 0 rings (SSSR count). The van der Waals surface area contributed by atoms with Crippen LogP contribution in [0.5, 0.6) is 0 Å². The standard InChI is InChI=1S/C21H41NO3/c1-8-9-13-20(24-6)17(2)11-10-12-18(3)21(25-7)19(4)14-15-22(5)16-23/h14-21H,8-13H2,1-7H3. The van der Waals surface area contributed by atoms with Gasteiger partial charge in [0.25, 0.3) is 0 Å². The lowest BCUT2D eigenvalue weighted by molar-refractivity contribution is -0.115. The van der Waals surface area contributed by atoms with E-state index in [0.29, 0.717) is 17.9 Å². The molecule has 0 aromatic heterocycles. The molecule has 5 atom stereocenters. The second-order valence-corrected chi connectivity index (χ2v) is 7.47. The van der Waals surface area contributed by atoms with E-state index in [1.807, 2.05) is 19.4 Å². The molecule has 0 saturated heterocycles. The highest BCUT2D eigenvalue weighted by atomic mass is 16.5. The molecule has 0 aliphatic carbocycles. The highest BCUT2D eigenvalue weighted by Crippen LogP contribution is 2.25. The zero-order valence-electron chi connectivity index (χ0n) is 17.5. The molecule has 148 valence electrons. The van der Waals surface area contributed by atoms with E-state index in [9.17, 15) is 4.79 Å². The molecule has 0 bridgehead atoms. The smallest absolute Gasteiger partial charge is 0.213 e. The van der Waals surface area contributed by atoms with Crippen LogP contribution < -0.4 is 0 Å². The minimum absolute atomic E-state index is 0.171. The predicted molar refractivity (Wildman–Crippen MR) is 105 cm³/mol. The molecule has 0 spiro atoms. The van der Waals surface area contributed by atoms with Crippen molar-refractivity contribution in [2.75, 3.05) is 21.3 Å². The summed E-state index contributed by atoms with van der Waals surface area (Å²) in [6.45, 7) is 8.95. The molecule has 25 heavy (non-hydrogen) atoms. The van der Waals surface area contributed by atoms with Gasteiger partial charge in [-0.2, -0.15) is 0 Å². The molecular weight excluding hydrogens is 314 g/mol. The highest BCUT2D eigenvalue weighted by Gasteiger charge is 2.22. The quantitative estimate of drug-likeness (QED) is 0.393. The van der Waals surface area contributed by atoms with Crippen LogP contribution in [0.4, 0.5) is 0 Å². The number of carbonyl (C=O) groups excluding carboxylic acids is 1. The molecular formula is C21H41NO3. The van der Waals surface area contributed by atoms with Gasteiger partial charge in [-0.1, -0.05) is 53.0 Å². The van der Waals surface area contributed by atoms with Gasteiger partial charge in [0.05, 0.1) is 12.2 Å². The molecule has 0 saturated carbocycles. The van der Waals surface area contributed by atoms with Gasteiger partial charge in [0.1, 0.15) is 0 Å². The van der Waals surface area contributed by atoms with Crippen molar-refractivity contribution in [3.05, 3.63) is 12.3 Å². The number of amides is 1. The number of hydrogen-bond donors (Lipinski definition) is 0. The van der Waals surface area contributed by atoms with Crippen LogP contribution in [0.15, 0.2) is 12.3 Å². The van der Waals surface area contributed by atoms with Crippen LogP contribution in [-0.4, -0.2) is 44.8 Å². The fourth-order valence-electron chi connectivity index (χ4n) is 3.53. The third-order valence-corrected chi connectivity index (χ3v) is 5.24. The molecule has 0 aliphatic heterocycles. The van der Waals surface area contributed by atoms with Crippen molar-refractivity contribution >= 4 is 6.41 Å². The van der Waals surface area contributed by atoms with Crippen LogP contribution in [0.25, 0.3) is 0 Å². The molecule has 0 aromatic rings. The third kappa shape index (κ3) is 10.0. The number of ether oxygens (including phenoxy) is 2. The van der Waals surface area contributed by atoms with Gasteiger partial charge in [-0.05, 0) is 31.1 Å². The lowest BCUT2D eigenvalue weighted by Crippen LogP contribution is -2.28. The summed E-state index contributed by atoms with van der Waals surface area (Å²) in [5.41, 5.74) is 0. The molecule has 0 aromatic carbocycles. The Morgan fingerprint density at radius 2 is 1.60 bits per heavy atom. The minimum Gasteiger partial charge on any atom is -0.381 e. The van der Waals surface area contributed by atoms with Crippen LogP contribution in [0, 0.1) is 17.8 Å². The molecule has 0 fully saturated rings. The van der Waals surface area contributed by atoms with Gasteiger partial charge in [-0.25, -0.2) is 0 Å². The Kier molecular flexibility index (Phi) is 13.8. The number of nitrogens with zero attached hydrogens (tertiary/aromatic N) is 1. The van der Waals surface area contributed by atoms with Crippen molar-refractivity contribution in [3.8, 4) is 0 Å². The first-order chi connectivity index (χ1) is 11.9. The minimum atomic E-state index is 0.171. The lowest BCUT2D eigenvalue weighted by atomic mass is 9.87. The van der Waals surface area contributed by atoms with Crippen molar-refractivity contribution in [1.82, 2.24) is 4.90 Å². The van der Waals surface area contributed by atoms with E-state index in [4.69, 9.17) is 9.47 Å². The van der Waals surface area contributed by atoms with Gasteiger partial charge < -0.3 is 14.4 Å². The molecule has 0 radical (unpaired) electrons. The average Bonchev–Trinajstić information content (AvgIpc) is 2.60. The van der Waals surface area contributed by atoms with Gasteiger partial charge in [0, 0.05) is 33.4 Å². The average molecular weight is 356 g/mol. The molecule has 0 heterocycles. The lowest BCUT2D eigenvalue weighted by Gasteiger charge is -2.28. The van der Waals surface area contributed by atoms with E-state index in [1.165, 1.54) is 30.6 Å². The Morgan fingerprint density at radius 1 is 0.960 bits per heavy atom. The summed E-state index contributed by atoms with van der Waals surface area (Å²) in [7, 11) is 5.36. The first-order valence-corrected chi connectivity index (χ1v) is 9.82. The van der Waals surface area contributed by atoms with Crippen LogP contribution in [0.1, 0.15) is 66.2 Å². The summed E-state index contributed by atoms with van der Waals surface area (Å²) >= 11 is 0. The summed E-state index contributed by atoms with van der Waals surface area (Å²) in [5, 5.41) is 0. The summed E-state index contributed by atoms with van der Waals surface area (Å²) < 4.78 is 11.4. The van der Waals surface area contributed by atoms with Crippen molar-refractivity contribution in [2.45, 2.75) is 78.4 Å². The first-order valence-electron chi connectivity index (χ1n) is 9.82. The fourth-order valence-corrected chi connectivity index (χ4v) is 3.53. The van der Waals surface area contributed by atoms with Crippen LogP contribution in [0.2, 0.25) is 0 Å². The van der Waals surface area contributed by atoms with Crippen molar-refractivity contribution in [3.63, 3.8) is 0 Å². The highest BCUT2D eigenvalue weighted by molar-refractivity contribution is 5.48. The van der Waals surface area contributed by atoms with E-state index in [-0.39, 0.29) is 12.0 Å². The molecule has 1 amide bonds. The monoisotopic (exact) mass is 355 g/mol. The second-order valence-electron chi connectivity index (χ2n) is 7.47. The van der Waals surface area contributed by atoms with Crippen LogP contribution in [-0.2, 0) is 14.3 Å². The van der Waals surface area contributed by atoms with Crippen molar-refractivity contribution in [2.24, 2.45) is 17.8 Å². The maximum atomic E-state index is 10.7. The zero-order chi connectivity index (χ0) is 19.2. The van der Waals surface area contributed by atoms with Crippen LogP contribution in [0.3, 0.4) is 0 Å². The topological polar surface area (TPSA) is 38.8 Å². The number of hydrogen-bond acceptors (Lipinski definition) is 3.